The predicted molar refractivity (Wildman–Crippen MR) is 128 cm³/mol. The van der Waals surface area contributed by atoms with E-state index in [1.807, 2.05) is 42.5 Å². The summed E-state index contributed by atoms with van der Waals surface area (Å²) >= 11 is 3.11. The molecule has 1 aromatic heterocycles. The van der Waals surface area contributed by atoms with Gasteiger partial charge in [0.1, 0.15) is 0 Å². The number of amides is 1. The van der Waals surface area contributed by atoms with Gasteiger partial charge in [-0.1, -0.05) is 72.1 Å². The summed E-state index contributed by atoms with van der Waals surface area (Å²) in [6.07, 6.45) is 0. The van der Waals surface area contributed by atoms with Crippen LogP contribution in [0.15, 0.2) is 93.7 Å². The second-order valence-electron chi connectivity index (χ2n) is 7.00. The lowest BCUT2D eigenvalue weighted by Crippen LogP contribution is -2.14. The molecule has 3 nitrogen and oxygen atoms in total. The maximum absolute atomic E-state index is 12.6. The Hall–Kier alpha value is -2.76. The van der Waals surface area contributed by atoms with E-state index in [0.29, 0.717) is 5.75 Å². The van der Waals surface area contributed by atoms with Gasteiger partial charge in [0.25, 0.3) is 0 Å². The molecule has 0 radical (unpaired) electrons. The highest BCUT2D eigenvalue weighted by Crippen LogP contribution is 2.33. The molecule has 0 aliphatic heterocycles. The lowest BCUT2D eigenvalue weighted by Gasteiger charge is -2.11. The minimum atomic E-state index is -0.0366. The molecule has 0 spiro atoms. The van der Waals surface area contributed by atoms with Gasteiger partial charge in [-0.25, -0.2) is 4.98 Å². The van der Waals surface area contributed by atoms with Gasteiger partial charge in [-0.15, -0.1) is 0 Å². The first-order chi connectivity index (χ1) is 14.6. The standard InChI is InChI=1S/C25H22N2OS2/c1-17-9-8-12-20-18(2)15-24(27-25(17)20)29-16-23(28)26-21-13-6-7-14-22(21)30-19-10-4-3-5-11-19/h3-15H,16H2,1-2H3,(H,26,28). The van der Waals surface area contributed by atoms with Crippen molar-refractivity contribution in [2.45, 2.75) is 28.7 Å². The van der Waals surface area contributed by atoms with E-state index in [0.717, 1.165) is 37.0 Å². The second-order valence-corrected chi connectivity index (χ2v) is 9.11. The molecular formula is C25H22N2OS2. The van der Waals surface area contributed by atoms with E-state index in [1.54, 1.807) is 11.8 Å². The van der Waals surface area contributed by atoms with E-state index >= 15 is 0 Å². The highest BCUT2D eigenvalue weighted by molar-refractivity contribution is 8.00. The summed E-state index contributed by atoms with van der Waals surface area (Å²) in [6, 6.07) is 26.3. The number of hydrogen-bond donors (Lipinski definition) is 1. The van der Waals surface area contributed by atoms with Gasteiger partial charge in [0.15, 0.2) is 0 Å². The van der Waals surface area contributed by atoms with Crippen LogP contribution in [0.5, 0.6) is 0 Å². The topological polar surface area (TPSA) is 42.0 Å². The van der Waals surface area contributed by atoms with Crippen molar-refractivity contribution in [3.63, 3.8) is 0 Å². The monoisotopic (exact) mass is 430 g/mol. The van der Waals surface area contributed by atoms with Crippen LogP contribution < -0.4 is 5.32 Å². The molecule has 0 aliphatic rings. The Morgan fingerprint density at radius 1 is 0.900 bits per heavy atom. The van der Waals surface area contributed by atoms with Gasteiger partial charge >= 0.3 is 0 Å². The van der Waals surface area contributed by atoms with E-state index in [1.165, 1.54) is 17.3 Å². The number of aryl methyl sites for hydroxylation is 2. The molecule has 0 saturated carbocycles. The number of rotatable bonds is 6. The van der Waals surface area contributed by atoms with Crippen LogP contribution in [0.25, 0.3) is 10.9 Å². The Bertz CT molecular complexity index is 1190. The Morgan fingerprint density at radius 3 is 2.50 bits per heavy atom. The van der Waals surface area contributed by atoms with Crippen LogP contribution in [0.4, 0.5) is 5.69 Å². The zero-order valence-corrected chi connectivity index (χ0v) is 18.5. The predicted octanol–water partition coefficient (Wildman–Crippen LogP) is 6.73. The van der Waals surface area contributed by atoms with E-state index in [4.69, 9.17) is 4.98 Å². The summed E-state index contributed by atoms with van der Waals surface area (Å²) in [6.45, 7) is 4.15. The molecule has 0 aliphatic carbocycles. The van der Waals surface area contributed by atoms with Crippen LogP contribution >= 0.6 is 23.5 Å². The number of carbonyl (C=O) groups is 1. The van der Waals surface area contributed by atoms with Crippen molar-refractivity contribution < 1.29 is 4.79 Å². The molecule has 4 rings (SSSR count). The molecular weight excluding hydrogens is 408 g/mol. The molecule has 30 heavy (non-hydrogen) atoms. The summed E-state index contributed by atoms with van der Waals surface area (Å²) in [5, 5.41) is 5.09. The number of aromatic nitrogens is 1. The number of nitrogens with one attached hydrogen (secondary N) is 1. The van der Waals surface area contributed by atoms with E-state index in [9.17, 15) is 4.79 Å². The summed E-state index contributed by atoms with van der Waals surface area (Å²) in [7, 11) is 0. The molecule has 0 unspecified atom stereocenters. The summed E-state index contributed by atoms with van der Waals surface area (Å²) < 4.78 is 0. The molecule has 0 fully saturated rings. The molecule has 1 N–H and O–H groups in total. The first kappa shape index (κ1) is 20.5. The number of nitrogens with zero attached hydrogens (tertiary/aromatic N) is 1. The number of pyridine rings is 1. The third-order valence-corrected chi connectivity index (χ3v) is 6.70. The van der Waals surface area contributed by atoms with Gasteiger partial charge in [0.05, 0.1) is 22.0 Å². The third kappa shape index (κ3) is 4.86. The largest absolute Gasteiger partial charge is 0.324 e. The number of fused-ring (bicyclic) bond motifs is 1. The SMILES string of the molecule is Cc1cc(SCC(=O)Nc2ccccc2Sc2ccccc2)nc2c(C)cccc12. The van der Waals surface area contributed by atoms with Gasteiger partial charge in [0.2, 0.25) is 5.91 Å². The third-order valence-electron chi connectivity index (χ3n) is 4.71. The Labute approximate surface area is 185 Å². The number of anilines is 1. The molecule has 0 atom stereocenters. The number of hydrogen-bond acceptors (Lipinski definition) is 4. The number of para-hydroxylation sites is 2. The van der Waals surface area contributed by atoms with Crippen LogP contribution in [0.2, 0.25) is 0 Å². The fourth-order valence-electron chi connectivity index (χ4n) is 3.21. The first-order valence-corrected chi connectivity index (χ1v) is 11.5. The lowest BCUT2D eigenvalue weighted by atomic mass is 10.1. The fourth-order valence-corrected chi connectivity index (χ4v) is 4.90. The van der Waals surface area contributed by atoms with Crippen LogP contribution in [-0.4, -0.2) is 16.6 Å². The highest BCUT2D eigenvalue weighted by Gasteiger charge is 2.11. The summed E-state index contributed by atoms with van der Waals surface area (Å²) in [4.78, 5) is 19.6. The average Bonchev–Trinajstić information content (AvgIpc) is 2.75. The second kappa shape index (κ2) is 9.37. The van der Waals surface area contributed by atoms with Crippen LogP contribution in [0.3, 0.4) is 0 Å². The van der Waals surface area contributed by atoms with Crippen molar-refractivity contribution >= 4 is 46.0 Å². The molecule has 1 amide bonds. The fraction of sp³-hybridized carbons (Fsp3) is 0.120. The summed E-state index contributed by atoms with van der Waals surface area (Å²) in [5.74, 6) is 0.277. The maximum atomic E-state index is 12.6. The van der Waals surface area contributed by atoms with Gasteiger partial charge in [0, 0.05) is 15.2 Å². The average molecular weight is 431 g/mol. The molecule has 5 heteroatoms. The zero-order valence-electron chi connectivity index (χ0n) is 16.9. The number of benzene rings is 3. The number of thioether (sulfide) groups is 1. The minimum absolute atomic E-state index is 0.0366. The van der Waals surface area contributed by atoms with Crippen molar-refractivity contribution in [2.24, 2.45) is 0 Å². The van der Waals surface area contributed by atoms with E-state index in [-0.39, 0.29) is 5.91 Å². The molecule has 3 aromatic carbocycles. The van der Waals surface area contributed by atoms with E-state index in [2.05, 4.69) is 55.6 Å². The molecule has 150 valence electrons. The highest BCUT2D eigenvalue weighted by atomic mass is 32.2. The van der Waals surface area contributed by atoms with E-state index < -0.39 is 0 Å². The van der Waals surface area contributed by atoms with Crippen molar-refractivity contribution in [2.75, 3.05) is 11.1 Å². The van der Waals surface area contributed by atoms with Crippen molar-refractivity contribution in [1.29, 1.82) is 0 Å². The van der Waals surface area contributed by atoms with Crippen LogP contribution in [0.1, 0.15) is 11.1 Å². The van der Waals surface area contributed by atoms with Gasteiger partial charge in [-0.05, 0) is 55.3 Å². The van der Waals surface area contributed by atoms with Crippen molar-refractivity contribution in [1.82, 2.24) is 4.98 Å². The van der Waals surface area contributed by atoms with Crippen molar-refractivity contribution in [3.05, 3.63) is 90.0 Å². The molecule has 0 saturated heterocycles. The summed E-state index contributed by atoms with van der Waals surface area (Å²) in [5.41, 5.74) is 4.16. The van der Waals surface area contributed by atoms with Crippen molar-refractivity contribution in [3.8, 4) is 0 Å². The van der Waals surface area contributed by atoms with Gasteiger partial charge in [-0.3, -0.25) is 4.79 Å². The smallest absolute Gasteiger partial charge is 0.234 e. The lowest BCUT2D eigenvalue weighted by molar-refractivity contribution is -0.113. The molecule has 1 heterocycles. The molecule has 0 bridgehead atoms. The van der Waals surface area contributed by atoms with Crippen LogP contribution in [-0.2, 0) is 4.79 Å². The minimum Gasteiger partial charge on any atom is -0.324 e. The molecule has 4 aromatic rings. The van der Waals surface area contributed by atoms with Crippen LogP contribution in [0, 0.1) is 13.8 Å². The zero-order chi connectivity index (χ0) is 20.9. The first-order valence-electron chi connectivity index (χ1n) is 9.72. The number of carbonyl (C=O) groups excluding carboxylic acids is 1. The Kier molecular flexibility index (Phi) is 6.41. The Morgan fingerprint density at radius 2 is 1.67 bits per heavy atom. The van der Waals surface area contributed by atoms with Gasteiger partial charge in [-0.2, -0.15) is 0 Å². The Balaban J connectivity index is 1.45. The maximum Gasteiger partial charge on any atom is 0.234 e. The van der Waals surface area contributed by atoms with Gasteiger partial charge < -0.3 is 5.32 Å². The quantitative estimate of drug-likeness (QED) is 0.344. The normalized spacial score (nSPS) is 10.9.